The Labute approximate surface area is 263 Å². The molecule has 0 bridgehead atoms. The summed E-state index contributed by atoms with van der Waals surface area (Å²) in [5.74, 6) is -3.02. The van der Waals surface area contributed by atoms with Gasteiger partial charge in [0, 0.05) is 0 Å². The van der Waals surface area contributed by atoms with Crippen LogP contribution in [0.15, 0.2) is 84.9 Å². The third-order valence-electron chi connectivity index (χ3n) is 7.11. The zero-order valence-corrected chi connectivity index (χ0v) is 24.6. The number of aromatic hydroxyl groups is 2. The van der Waals surface area contributed by atoms with Crippen LogP contribution in [0.4, 0.5) is 17.6 Å². The number of phenols is 2. The SMILES string of the molecule is Oc1cccc(F)c1COC[C@@H](OCc1ccc(F)cc1)[C@@H](O)[C@H](O)[C@@H](COCc1c(O)cccc1F)OCc1ccc(F)cc1. The molecular formula is C34H34F4O8. The highest BCUT2D eigenvalue weighted by atomic mass is 19.1. The second-order valence-corrected chi connectivity index (χ2v) is 10.4. The Morgan fingerprint density at radius 3 is 1.22 bits per heavy atom. The fourth-order valence-corrected chi connectivity index (χ4v) is 4.43. The van der Waals surface area contributed by atoms with Gasteiger partial charge in [-0.05, 0) is 59.7 Å². The summed E-state index contributed by atoms with van der Waals surface area (Å²) >= 11 is 0. The molecule has 0 aromatic heterocycles. The average Bonchev–Trinajstić information content (AvgIpc) is 3.04. The van der Waals surface area contributed by atoms with Crippen molar-refractivity contribution in [2.24, 2.45) is 0 Å². The third kappa shape index (κ3) is 9.98. The van der Waals surface area contributed by atoms with Gasteiger partial charge in [0.2, 0.25) is 0 Å². The quantitative estimate of drug-likeness (QED) is 0.115. The standard InChI is InChI=1S/C34H34F4O8/c35-23-11-7-21(8-12-23)15-45-31(19-43-17-25-27(37)3-1-5-29(25)39)33(41)34(42)32(46-16-22-9-13-24(36)14-10-22)20-44-18-26-28(38)4-2-6-30(26)40/h1-14,31-34,39-42H,15-20H2/t31-,32-,33-,34-/m1/s1. The molecule has 0 saturated carbocycles. The van der Waals surface area contributed by atoms with Gasteiger partial charge < -0.3 is 39.4 Å². The number of phenolic OH excluding ortho intramolecular Hbond substituents is 2. The molecule has 12 heteroatoms. The molecule has 0 heterocycles. The zero-order chi connectivity index (χ0) is 33.1. The third-order valence-corrected chi connectivity index (χ3v) is 7.11. The van der Waals surface area contributed by atoms with Gasteiger partial charge in [-0.25, -0.2) is 17.6 Å². The first kappa shape index (κ1) is 34.8. The lowest BCUT2D eigenvalue weighted by Gasteiger charge is -2.32. The first-order valence-electron chi connectivity index (χ1n) is 14.3. The largest absolute Gasteiger partial charge is 0.507 e. The lowest BCUT2D eigenvalue weighted by molar-refractivity contribution is -0.170. The van der Waals surface area contributed by atoms with Gasteiger partial charge in [0.05, 0.1) is 50.8 Å². The van der Waals surface area contributed by atoms with E-state index < -0.39 is 60.9 Å². The molecule has 0 aliphatic carbocycles. The van der Waals surface area contributed by atoms with E-state index in [1.165, 1.54) is 72.8 Å². The van der Waals surface area contributed by atoms with E-state index in [0.717, 1.165) is 12.1 Å². The van der Waals surface area contributed by atoms with E-state index in [-0.39, 0.29) is 49.1 Å². The molecular weight excluding hydrogens is 612 g/mol. The molecule has 0 radical (unpaired) electrons. The van der Waals surface area contributed by atoms with Gasteiger partial charge in [0.25, 0.3) is 0 Å². The number of ether oxygens (including phenoxy) is 4. The summed E-state index contributed by atoms with van der Waals surface area (Å²) in [6.07, 6.45) is -5.94. The Morgan fingerprint density at radius 2 is 0.870 bits per heavy atom. The number of benzene rings is 4. The van der Waals surface area contributed by atoms with Gasteiger partial charge in [0.15, 0.2) is 0 Å². The first-order valence-corrected chi connectivity index (χ1v) is 14.3. The van der Waals surface area contributed by atoms with Crippen LogP contribution in [0, 0.1) is 23.3 Å². The summed E-state index contributed by atoms with van der Waals surface area (Å²) in [6, 6.07) is 18.3. The molecule has 46 heavy (non-hydrogen) atoms. The number of aliphatic hydroxyl groups excluding tert-OH is 2. The highest BCUT2D eigenvalue weighted by molar-refractivity contribution is 5.33. The molecule has 4 aromatic carbocycles. The van der Waals surface area contributed by atoms with E-state index >= 15 is 0 Å². The lowest BCUT2D eigenvalue weighted by Crippen LogP contribution is -2.49. The van der Waals surface area contributed by atoms with E-state index in [4.69, 9.17) is 18.9 Å². The molecule has 4 aromatic rings. The van der Waals surface area contributed by atoms with E-state index in [9.17, 15) is 38.0 Å². The van der Waals surface area contributed by atoms with Crippen molar-refractivity contribution in [3.05, 3.63) is 130 Å². The van der Waals surface area contributed by atoms with Crippen molar-refractivity contribution >= 4 is 0 Å². The Kier molecular flexibility index (Phi) is 12.9. The van der Waals surface area contributed by atoms with Gasteiger partial charge in [-0.1, -0.05) is 36.4 Å². The summed E-state index contributed by atoms with van der Waals surface area (Å²) in [5, 5.41) is 42.6. The number of halogens is 4. The minimum atomic E-state index is -1.71. The summed E-state index contributed by atoms with van der Waals surface area (Å²) in [4.78, 5) is 0. The highest BCUT2D eigenvalue weighted by Crippen LogP contribution is 2.23. The Hall–Kier alpha value is -4.04. The molecule has 0 spiro atoms. The number of hydrogen-bond acceptors (Lipinski definition) is 8. The van der Waals surface area contributed by atoms with Gasteiger partial charge in [0.1, 0.15) is 59.2 Å². The summed E-state index contributed by atoms with van der Waals surface area (Å²) in [7, 11) is 0. The van der Waals surface area contributed by atoms with Crippen LogP contribution in [-0.4, -0.2) is 58.1 Å². The van der Waals surface area contributed by atoms with Crippen LogP contribution in [0.25, 0.3) is 0 Å². The zero-order valence-electron chi connectivity index (χ0n) is 24.6. The van der Waals surface area contributed by atoms with Crippen LogP contribution < -0.4 is 0 Å². The van der Waals surface area contributed by atoms with E-state index in [0.29, 0.717) is 11.1 Å². The Balaban J connectivity index is 1.49. The van der Waals surface area contributed by atoms with Crippen LogP contribution >= 0.6 is 0 Å². The summed E-state index contributed by atoms with van der Waals surface area (Å²) < 4.78 is 78.1. The first-order chi connectivity index (χ1) is 22.1. The minimum absolute atomic E-state index is 0.125. The second-order valence-electron chi connectivity index (χ2n) is 10.4. The van der Waals surface area contributed by atoms with Gasteiger partial charge in [-0.15, -0.1) is 0 Å². The average molecular weight is 647 g/mol. The smallest absolute Gasteiger partial charge is 0.132 e. The number of aliphatic hydroxyl groups is 2. The van der Waals surface area contributed by atoms with E-state index in [1.54, 1.807) is 0 Å². The molecule has 0 aliphatic rings. The van der Waals surface area contributed by atoms with Crippen LogP contribution in [-0.2, 0) is 45.4 Å². The maximum absolute atomic E-state index is 14.2. The predicted molar refractivity (Wildman–Crippen MR) is 157 cm³/mol. The molecule has 0 aliphatic heterocycles. The summed E-state index contributed by atoms with van der Waals surface area (Å²) in [5.41, 5.74) is 0.828. The van der Waals surface area contributed by atoms with Gasteiger partial charge in [-0.2, -0.15) is 0 Å². The van der Waals surface area contributed by atoms with Gasteiger partial charge >= 0.3 is 0 Å². The van der Waals surface area contributed by atoms with Crippen molar-refractivity contribution in [1.82, 2.24) is 0 Å². The molecule has 0 amide bonds. The van der Waals surface area contributed by atoms with E-state index in [2.05, 4.69) is 0 Å². The molecule has 4 N–H and O–H groups in total. The maximum atomic E-state index is 14.2. The molecule has 246 valence electrons. The van der Waals surface area contributed by atoms with Crippen LogP contribution in [0.5, 0.6) is 11.5 Å². The molecule has 4 rings (SSSR count). The highest BCUT2D eigenvalue weighted by Gasteiger charge is 2.34. The topological polar surface area (TPSA) is 118 Å². The summed E-state index contributed by atoms with van der Waals surface area (Å²) in [6.45, 7) is -1.82. The maximum Gasteiger partial charge on any atom is 0.132 e. The van der Waals surface area contributed by atoms with Crippen LogP contribution in [0.3, 0.4) is 0 Å². The predicted octanol–water partition coefficient (Wildman–Crippen LogP) is 5.28. The lowest BCUT2D eigenvalue weighted by atomic mass is 10.0. The van der Waals surface area contributed by atoms with Crippen molar-refractivity contribution in [3.8, 4) is 11.5 Å². The van der Waals surface area contributed by atoms with Crippen molar-refractivity contribution in [3.63, 3.8) is 0 Å². The Bertz CT molecular complexity index is 1370. The molecule has 0 unspecified atom stereocenters. The Morgan fingerprint density at radius 1 is 0.500 bits per heavy atom. The molecule has 0 saturated heterocycles. The van der Waals surface area contributed by atoms with Crippen LogP contribution in [0.2, 0.25) is 0 Å². The van der Waals surface area contributed by atoms with Gasteiger partial charge in [-0.3, -0.25) is 0 Å². The second kappa shape index (κ2) is 17.0. The van der Waals surface area contributed by atoms with E-state index in [1.807, 2.05) is 0 Å². The van der Waals surface area contributed by atoms with Crippen LogP contribution in [0.1, 0.15) is 22.3 Å². The van der Waals surface area contributed by atoms with Crippen molar-refractivity contribution in [2.75, 3.05) is 13.2 Å². The number of hydrogen-bond donors (Lipinski definition) is 4. The normalized spacial score (nSPS) is 14.1. The van der Waals surface area contributed by atoms with Crippen molar-refractivity contribution in [2.45, 2.75) is 50.8 Å². The minimum Gasteiger partial charge on any atom is -0.507 e. The van der Waals surface area contributed by atoms with Crippen molar-refractivity contribution < 1.29 is 56.9 Å². The molecule has 4 atom stereocenters. The number of rotatable bonds is 17. The fourth-order valence-electron chi connectivity index (χ4n) is 4.43. The fraction of sp³-hybridized carbons (Fsp3) is 0.294. The molecule has 8 nitrogen and oxygen atoms in total. The molecule has 0 fully saturated rings. The monoisotopic (exact) mass is 646 g/mol. The van der Waals surface area contributed by atoms with Crippen molar-refractivity contribution in [1.29, 1.82) is 0 Å².